The molecule has 3 aromatic rings. The first-order valence-electron chi connectivity index (χ1n) is 11.0. The second-order valence-corrected chi connectivity index (χ2v) is 9.62. The van der Waals surface area contributed by atoms with Crippen LogP contribution in [-0.2, 0) is 11.2 Å². The van der Waals surface area contributed by atoms with Gasteiger partial charge in [0.25, 0.3) is 5.91 Å². The lowest BCUT2D eigenvalue weighted by Crippen LogP contribution is -2.47. The highest BCUT2D eigenvalue weighted by molar-refractivity contribution is 7.10. The summed E-state index contributed by atoms with van der Waals surface area (Å²) in [6, 6.07) is 15.8. The summed E-state index contributed by atoms with van der Waals surface area (Å²) in [7, 11) is 0. The van der Waals surface area contributed by atoms with Crippen LogP contribution < -0.4 is 0 Å². The SMILES string of the molecule is Cc1ccc(C(=O)N(CC(=O)N2CCc3sccc3C2c2ccc(F)cc2)C2CC2)cc1. The van der Waals surface area contributed by atoms with Crippen LogP contribution in [0.25, 0.3) is 0 Å². The van der Waals surface area contributed by atoms with Gasteiger partial charge in [0, 0.05) is 23.0 Å². The van der Waals surface area contributed by atoms with E-state index in [1.165, 1.54) is 17.0 Å². The van der Waals surface area contributed by atoms with Crippen molar-refractivity contribution in [3.8, 4) is 0 Å². The molecule has 1 aliphatic heterocycles. The molecule has 32 heavy (non-hydrogen) atoms. The summed E-state index contributed by atoms with van der Waals surface area (Å²) in [6.45, 7) is 2.64. The van der Waals surface area contributed by atoms with Gasteiger partial charge in [-0.15, -0.1) is 11.3 Å². The van der Waals surface area contributed by atoms with Gasteiger partial charge < -0.3 is 9.80 Å². The summed E-state index contributed by atoms with van der Waals surface area (Å²) >= 11 is 1.70. The third kappa shape index (κ3) is 4.07. The average Bonchev–Trinajstić information content (AvgIpc) is 3.53. The highest BCUT2D eigenvalue weighted by atomic mass is 32.1. The van der Waals surface area contributed by atoms with Crippen LogP contribution in [0.1, 0.15) is 50.8 Å². The topological polar surface area (TPSA) is 40.6 Å². The number of benzene rings is 2. The minimum atomic E-state index is -0.295. The van der Waals surface area contributed by atoms with E-state index in [0.29, 0.717) is 12.1 Å². The third-order valence-electron chi connectivity index (χ3n) is 6.32. The van der Waals surface area contributed by atoms with Crippen LogP contribution >= 0.6 is 11.3 Å². The standard InChI is InChI=1S/C26H25FN2O2S/c1-17-2-4-19(5-3-17)26(31)29(21-10-11-21)16-24(30)28-14-12-23-22(13-15-32-23)25(28)18-6-8-20(27)9-7-18/h2-9,13,15,21,25H,10-12,14,16H2,1H3. The molecule has 164 valence electrons. The molecular formula is C26H25FN2O2S. The van der Waals surface area contributed by atoms with Gasteiger partial charge in [0.1, 0.15) is 12.4 Å². The normalized spacial score (nSPS) is 17.7. The van der Waals surface area contributed by atoms with E-state index in [0.717, 1.165) is 36.0 Å². The van der Waals surface area contributed by atoms with Gasteiger partial charge in [0.05, 0.1) is 6.04 Å². The minimum Gasteiger partial charge on any atom is -0.330 e. The van der Waals surface area contributed by atoms with Crippen molar-refractivity contribution in [2.75, 3.05) is 13.1 Å². The first-order valence-corrected chi connectivity index (χ1v) is 11.9. The molecule has 2 amide bonds. The number of nitrogens with zero attached hydrogens (tertiary/aromatic N) is 2. The van der Waals surface area contributed by atoms with Crippen LogP contribution in [0.4, 0.5) is 4.39 Å². The Morgan fingerprint density at radius 1 is 1.06 bits per heavy atom. The number of amides is 2. The molecule has 2 aliphatic rings. The number of thiophene rings is 1. The Morgan fingerprint density at radius 2 is 1.78 bits per heavy atom. The summed E-state index contributed by atoms with van der Waals surface area (Å²) in [4.78, 5) is 31.6. The van der Waals surface area contributed by atoms with Gasteiger partial charge in [0.15, 0.2) is 0 Å². The van der Waals surface area contributed by atoms with E-state index >= 15 is 0 Å². The molecule has 0 radical (unpaired) electrons. The summed E-state index contributed by atoms with van der Waals surface area (Å²) in [5.74, 6) is -0.451. The average molecular weight is 449 g/mol. The third-order valence-corrected chi connectivity index (χ3v) is 7.32. The lowest BCUT2D eigenvalue weighted by molar-refractivity contribution is -0.134. The van der Waals surface area contributed by atoms with Crippen LogP contribution in [0.3, 0.4) is 0 Å². The number of halogens is 1. The monoisotopic (exact) mass is 448 g/mol. The Bertz CT molecular complexity index is 1140. The first kappa shape index (κ1) is 20.9. The number of carbonyl (C=O) groups is 2. The van der Waals surface area contributed by atoms with Crippen LogP contribution in [0.5, 0.6) is 0 Å². The van der Waals surface area contributed by atoms with E-state index in [1.54, 1.807) is 28.4 Å². The number of hydrogen-bond donors (Lipinski definition) is 0. The molecule has 1 atom stereocenters. The molecule has 1 unspecified atom stereocenters. The molecule has 2 aromatic carbocycles. The van der Waals surface area contributed by atoms with Crippen molar-refractivity contribution in [1.82, 2.24) is 9.80 Å². The molecule has 4 nitrogen and oxygen atoms in total. The maximum atomic E-state index is 13.6. The molecule has 0 spiro atoms. The molecule has 1 saturated carbocycles. The van der Waals surface area contributed by atoms with Crippen molar-refractivity contribution in [2.24, 2.45) is 0 Å². The predicted molar refractivity (Wildman–Crippen MR) is 123 cm³/mol. The first-order chi connectivity index (χ1) is 15.5. The molecule has 0 N–H and O–H groups in total. The van der Waals surface area contributed by atoms with Gasteiger partial charge >= 0.3 is 0 Å². The summed E-state index contributed by atoms with van der Waals surface area (Å²) in [5.41, 5.74) is 3.70. The van der Waals surface area contributed by atoms with Crippen LogP contribution in [0.2, 0.25) is 0 Å². The fourth-order valence-corrected chi connectivity index (χ4v) is 5.34. The van der Waals surface area contributed by atoms with Crippen molar-refractivity contribution in [2.45, 2.75) is 38.3 Å². The summed E-state index contributed by atoms with van der Waals surface area (Å²) in [6.07, 6.45) is 2.66. The van der Waals surface area contributed by atoms with Crippen LogP contribution in [0.15, 0.2) is 60.0 Å². The predicted octanol–water partition coefficient (Wildman–Crippen LogP) is 4.97. The second-order valence-electron chi connectivity index (χ2n) is 8.62. The van der Waals surface area contributed by atoms with Gasteiger partial charge in [-0.05, 0) is 73.0 Å². The zero-order chi connectivity index (χ0) is 22.2. The van der Waals surface area contributed by atoms with E-state index in [1.807, 2.05) is 41.5 Å². The van der Waals surface area contributed by atoms with Crippen molar-refractivity contribution < 1.29 is 14.0 Å². The Hall–Kier alpha value is -2.99. The van der Waals surface area contributed by atoms with E-state index in [-0.39, 0.29) is 36.3 Å². The Balaban J connectivity index is 1.42. The minimum absolute atomic E-state index is 0.0640. The van der Waals surface area contributed by atoms with E-state index in [9.17, 15) is 14.0 Å². The zero-order valence-corrected chi connectivity index (χ0v) is 18.8. The van der Waals surface area contributed by atoms with E-state index < -0.39 is 0 Å². The molecule has 6 heteroatoms. The van der Waals surface area contributed by atoms with Gasteiger partial charge in [-0.1, -0.05) is 29.8 Å². The highest BCUT2D eigenvalue weighted by Crippen LogP contribution is 2.38. The molecule has 1 aliphatic carbocycles. The van der Waals surface area contributed by atoms with Gasteiger partial charge in [-0.25, -0.2) is 4.39 Å². The Morgan fingerprint density at radius 3 is 2.47 bits per heavy atom. The zero-order valence-electron chi connectivity index (χ0n) is 18.0. The Kier molecular flexibility index (Phi) is 5.55. The fourth-order valence-electron chi connectivity index (χ4n) is 4.44. The van der Waals surface area contributed by atoms with Crippen LogP contribution in [0, 0.1) is 12.7 Å². The maximum absolute atomic E-state index is 13.6. The molecule has 0 bridgehead atoms. The Labute approximate surface area is 191 Å². The van der Waals surface area contributed by atoms with Crippen molar-refractivity contribution >= 4 is 23.2 Å². The summed E-state index contributed by atoms with van der Waals surface area (Å²) in [5, 5.41) is 2.05. The van der Waals surface area contributed by atoms with Crippen molar-refractivity contribution in [1.29, 1.82) is 0 Å². The highest BCUT2D eigenvalue weighted by Gasteiger charge is 2.38. The lowest BCUT2D eigenvalue weighted by atomic mass is 9.93. The molecule has 5 rings (SSSR count). The number of rotatable bonds is 5. The number of hydrogen-bond acceptors (Lipinski definition) is 3. The maximum Gasteiger partial charge on any atom is 0.254 e. The fraction of sp³-hybridized carbons (Fsp3) is 0.308. The van der Waals surface area contributed by atoms with E-state index in [2.05, 4.69) is 6.07 Å². The molecule has 0 saturated heterocycles. The van der Waals surface area contributed by atoms with Crippen LogP contribution in [-0.4, -0.2) is 40.7 Å². The summed E-state index contributed by atoms with van der Waals surface area (Å²) < 4.78 is 13.6. The quantitative estimate of drug-likeness (QED) is 0.553. The lowest BCUT2D eigenvalue weighted by Gasteiger charge is -2.37. The molecule has 1 aromatic heterocycles. The smallest absolute Gasteiger partial charge is 0.254 e. The second kappa shape index (κ2) is 8.51. The molecular weight excluding hydrogens is 423 g/mol. The van der Waals surface area contributed by atoms with Crippen molar-refractivity contribution in [3.05, 3.63) is 92.9 Å². The largest absolute Gasteiger partial charge is 0.330 e. The van der Waals surface area contributed by atoms with Gasteiger partial charge in [-0.3, -0.25) is 9.59 Å². The van der Waals surface area contributed by atoms with Crippen molar-refractivity contribution in [3.63, 3.8) is 0 Å². The molecule has 1 fully saturated rings. The molecule has 2 heterocycles. The number of aryl methyl sites for hydroxylation is 1. The van der Waals surface area contributed by atoms with E-state index in [4.69, 9.17) is 0 Å². The van der Waals surface area contributed by atoms with Gasteiger partial charge in [0.2, 0.25) is 5.91 Å². The number of carbonyl (C=O) groups excluding carboxylic acids is 2. The van der Waals surface area contributed by atoms with Gasteiger partial charge in [-0.2, -0.15) is 0 Å². The number of fused-ring (bicyclic) bond motifs is 1.